The standard InChI is InChI=1S/C20H27NO2/c22-19(23-14-15-7-3-1-4-8-15)21-18-16-9-10-17(13-16)20(18)11-5-2-6-12-20/h1,3-4,7-8,16-18H,2,5-6,9-14H2,(H,21,22)/t16-,17+,18-/m1/s1. The van der Waals surface area contributed by atoms with Crippen molar-refractivity contribution in [3.63, 3.8) is 0 Å². The SMILES string of the molecule is O=C(N[C@@H]1[C@@H]2CC[C@@H](C2)C12CCCCC2)OCc1ccccc1. The smallest absolute Gasteiger partial charge is 0.407 e. The number of hydrogen-bond donors (Lipinski definition) is 1. The summed E-state index contributed by atoms with van der Waals surface area (Å²) in [6, 6.07) is 10.3. The van der Waals surface area contributed by atoms with Crippen molar-refractivity contribution in [3.8, 4) is 0 Å². The summed E-state index contributed by atoms with van der Waals surface area (Å²) in [5.41, 5.74) is 1.43. The van der Waals surface area contributed by atoms with Gasteiger partial charge in [-0.25, -0.2) is 4.79 Å². The molecule has 3 saturated carbocycles. The number of nitrogens with one attached hydrogen (secondary N) is 1. The Balaban J connectivity index is 1.40. The molecular weight excluding hydrogens is 286 g/mol. The molecule has 2 bridgehead atoms. The number of alkyl carbamates (subject to hydrolysis) is 1. The van der Waals surface area contributed by atoms with E-state index in [1.54, 1.807) is 0 Å². The molecule has 4 rings (SSSR count). The first-order chi connectivity index (χ1) is 11.3. The summed E-state index contributed by atoms with van der Waals surface area (Å²) in [6.07, 6.45) is 10.4. The van der Waals surface area contributed by atoms with E-state index in [9.17, 15) is 4.79 Å². The minimum Gasteiger partial charge on any atom is -0.445 e. The highest BCUT2D eigenvalue weighted by molar-refractivity contribution is 5.68. The van der Waals surface area contributed by atoms with E-state index in [0.29, 0.717) is 24.0 Å². The Labute approximate surface area is 138 Å². The Hall–Kier alpha value is -1.51. The molecule has 0 heterocycles. The van der Waals surface area contributed by atoms with Crippen molar-refractivity contribution in [2.45, 2.75) is 64.0 Å². The van der Waals surface area contributed by atoms with Crippen molar-refractivity contribution in [2.24, 2.45) is 17.3 Å². The lowest BCUT2D eigenvalue weighted by Crippen LogP contribution is -2.52. The van der Waals surface area contributed by atoms with Crippen LogP contribution in [0, 0.1) is 17.3 Å². The van der Waals surface area contributed by atoms with Crippen molar-refractivity contribution < 1.29 is 9.53 Å². The van der Waals surface area contributed by atoms with E-state index in [2.05, 4.69) is 5.32 Å². The lowest BCUT2D eigenvalue weighted by Gasteiger charge is -2.46. The van der Waals surface area contributed by atoms with E-state index in [-0.39, 0.29) is 6.09 Å². The van der Waals surface area contributed by atoms with Crippen molar-refractivity contribution in [1.82, 2.24) is 5.32 Å². The van der Waals surface area contributed by atoms with Crippen molar-refractivity contribution in [1.29, 1.82) is 0 Å². The van der Waals surface area contributed by atoms with Gasteiger partial charge in [0.15, 0.2) is 0 Å². The van der Waals surface area contributed by atoms with Gasteiger partial charge in [0.05, 0.1) is 0 Å². The van der Waals surface area contributed by atoms with Gasteiger partial charge in [0.2, 0.25) is 0 Å². The second-order valence-electron chi connectivity index (χ2n) is 7.75. The van der Waals surface area contributed by atoms with Crippen molar-refractivity contribution >= 4 is 6.09 Å². The highest BCUT2D eigenvalue weighted by Crippen LogP contribution is 2.61. The highest BCUT2D eigenvalue weighted by atomic mass is 16.5. The van der Waals surface area contributed by atoms with Crippen LogP contribution in [0.3, 0.4) is 0 Å². The summed E-state index contributed by atoms with van der Waals surface area (Å²) < 4.78 is 5.48. The zero-order valence-corrected chi connectivity index (χ0v) is 13.8. The molecule has 1 aromatic rings. The van der Waals surface area contributed by atoms with Crippen LogP contribution in [-0.2, 0) is 11.3 Å². The van der Waals surface area contributed by atoms with Crippen LogP contribution < -0.4 is 5.32 Å². The van der Waals surface area contributed by atoms with Gasteiger partial charge < -0.3 is 10.1 Å². The Morgan fingerprint density at radius 1 is 1.13 bits per heavy atom. The molecule has 3 aliphatic carbocycles. The third-order valence-corrected chi connectivity index (χ3v) is 6.65. The number of carbonyl (C=O) groups excluding carboxylic acids is 1. The molecule has 1 N–H and O–H groups in total. The molecule has 124 valence electrons. The summed E-state index contributed by atoms with van der Waals surface area (Å²) in [7, 11) is 0. The van der Waals surface area contributed by atoms with Crippen LogP contribution in [0.4, 0.5) is 4.79 Å². The molecule has 3 fully saturated rings. The Bertz CT molecular complexity index is 550. The predicted octanol–water partition coefficient (Wildman–Crippen LogP) is 4.66. The Morgan fingerprint density at radius 2 is 1.91 bits per heavy atom. The van der Waals surface area contributed by atoms with Crippen LogP contribution in [0.5, 0.6) is 0 Å². The molecule has 0 aliphatic heterocycles. The topological polar surface area (TPSA) is 38.3 Å². The highest BCUT2D eigenvalue weighted by Gasteiger charge is 2.58. The summed E-state index contributed by atoms with van der Waals surface area (Å²) in [5, 5.41) is 3.28. The van der Waals surface area contributed by atoms with E-state index in [4.69, 9.17) is 4.74 Å². The lowest BCUT2D eigenvalue weighted by molar-refractivity contribution is 0.0521. The van der Waals surface area contributed by atoms with Gasteiger partial charge in [0, 0.05) is 6.04 Å². The van der Waals surface area contributed by atoms with E-state index < -0.39 is 0 Å². The summed E-state index contributed by atoms with van der Waals surface area (Å²) in [4.78, 5) is 12.3. The first-order valence-electron chi connectivity index (χ1n) is 9.25. The fraction of sp³-hybridized carbons (Fsp3) is 0.650. The molecule has 0 radical (unpaired) electrons. The maximum Gasteiger partial charge on any atom is 0.407 e. The molecule has 1 spiro atoms. The van der Waals surface area contributed by atoms with Gasteiger partial charge in [-0.3, -0.25) is 0 Å². The van der Waals surface area contributed by atoms with Gasteiger partial charge in [-0.05, 0) is 54.9 Å². The molecule has 3 atom stereocenters. The number of fused-ring (bicyclic) bond motifs is 3. The van der Waals surface area contributed by atoms with E-state index in [1.807, 2.05) is 30.3 Å². The molecule has 0 aromatic heterocycles. The third kappa shape index (κ3) is 2.75. The quantitative estimate of drug-likeness (QED) is 0.881. The first kappa shape index (κ1) is 15.0. The van der Waals surface area contributed by atoms with Crippen LogP contribution in [0.25, 0.3) is 0 Å². The molecular formula is C20H27NO2. The average molecular weight is 313 g/mol. The minimum absolute atomic E-state index is 0.226. The van der Waals surface area contributed by atoms with Gasteiger partial charge >= 0.3 is 6.09 Å². The number of benzene rings is 1. The lowest BCUT2D eigenvalue weighted by atomic mass is 9.62. The maximum atomic E-state index is 12.3. The third-order valence-electron chi connectivity index (χ3n) is 6.65. The van der Waals surface area contributed by atoms with Gasteiger partial charge in [-0.1, -0.05) is 49.6 Å². The molecule has 23 heavy (non-hydrogen) atoms. The van der Waals surface area contributed by atoms with Crippen LogP contribution in [0.15, 0.2) is 30.3 Å². The van der Waals surface area contributed by atoms with Crippen LogP contribution in [0.2, 0.25) is 0 Å². The molecule has 0 unspecified atom stereocenters. The normalized spacial score (nSPS) is 31.2. The molecule has 1 aromatic carbocycles. The summed E-state index contributed by atoms with van der Waals surface area (Å²) in [5.74, 6) is 1.52. The fourth-order valence-corrected chi connectivity index (χ4v) is 5.65. The molecule has 3 aliphatic rings. The van der Waals surface area contributed by atoms with Gasteiger partial charge in [-0.15, -0.1) is 0 Å². The molecule has 3 nitrogen and oxygen atoms in total. The molecule has 1 amide bonds. The van der Waals surface area contributed by atoms with Gasteiger partial charge in [-0.2, -0.15) is 0 Å². The van der Waals surface area contributed by atoms with Crippen molar-refractivity contribution in [2.75, 3.05) is 0 Å². The first-order valence-corrected chi connectivity index (χ1v) is 9.25. The van der Waals surface area contributed by atoms with E-state index in [0.717, 1.165) is 11.5 Å². The monoisotopic (exact) mass is 313 g/mol. The van der Waals surface area contributed by atoms with Gasteiger partial charge in [0.25, 0.3) is 0 Å². The number of ether oxygens (including phenoxy) is 1. The Morgan fingerprint density at radius 3 is 2.70 bits per heavy atom. The number of hydrogen-bond acceptors (Lipinski definition) is 2. The summed E-state index contributed by atoms with van der Waals surface area (Å²) in [6.45, 7) is 0.362. The second-order valence-corrected chi connectivity index (χ2v) is 7.75. The van der Waals surface area contributed by atoms with Crippen LogP contribution >= 0.6 is 0 Å². The fourth-order valence-electron chi connectivity index (χ4n) is 5.65. The molecule has 3 heteroatoms. The van der Waals surface area contributed by atoms with Gasteiger partial charge in [0.1, 0.15) is 6.61 Å². The zero-order chi connectivity index (χ0) is 15.7. The second kappa shape index (κ2) is 6.18. The van der Waals surface area contributed by atoms with Crippen molar-refractivity contribution in [3.05, 3.63) is 35.9 Å². The predicted molar refractivity (Wildman–Crippen MR) is 89.9 cm³/mol. The average Bonchev–Trinajstić information content (AvgIpc) is 3.17. The number of amides is 1. The largest absolute Gasteiger partial charge is 0.445 e. The summed E-state index contributed by atoms with van der Waals surface area (Å²) >= 11 is 0. The van der Waals surface area contributed by atoms with Crippen LogP contribution in [0.1, 0.15) is 56.9 Å². The van der Waals surface area contributed by atoms with E-state index in [1.165, 1.54) is 51.4 Å². The maximum absolute atomic E-state index is 12.3. The zero-order valence-electron chi connectivity index (χ0n) is 13.8. The molecule has 0 saturated heterocycles. The minimum atomic E-state index is -0.226. The number of carbonyl (C=O) groups is 1. The van der Waals surface area contributed by atoms with E-state index >= 15 is 0 Å². The number of rotatable bonds is 3. The Kier molecular flexibility index (Phi) is 4.04. The van der Waals surface area contributed by atoms with Crippen LogP contribution in [-0.4, -0.2) is 12.1 Å².